The molecule has 1 aromatic rings. The first-order valence-electron chi connectivity index (χ1n) is 9.75. The van der Waals surface area contributed by atoms with Gasteiger partial charge >= 0.3 is 0 Å². The summed E-state index contributed by atoms with van der Waals surface area (Å²) in [6.07, 6.45) is 2.99. The SMILES string of the molecule is CCNC(=NCCCOCC1CCOCC1)NC(C)c1ccc(F)c(F)c1. The smallest absolute Gasteiger partial charge is 0.191 e. The molecule has 1 heterocycles. The van der Waals surface area contributed by atoms with Crippen LogP contribution in [0.1, 0.15) is 44.7 Å². The number of benzene rings is 1. The molecule has 1 fully saturated rings. The summed E-state index contributed by atoms with van der Waals surface area (Å²) in [6, 6.07) is 3.73. The average Bonchev–Trinajstić information content (AvgIpc) is 2.67. The van der Waals surface area contributed by atoms with Crippen LogP contribution in [0.4, 0.5) is 8.78 Å². The predicted octanol–water partition coefficient (Wildman–Crippen LogP) is 3.41. The highest BCUT2D eigenvalue weighted by Crippen LogP contribution is 2.16. The summed E-state index contributed by atoms with van der Waals surface area (Å²) in [5.41, 5.74) is 0.666. The molecule has 0 saturated carbocycles. The fourth-order valence-corrected chi connectivity index (χ4v) is 2.91. The van der Waals surface area contributed by atoms with Crippen molar-refractivity contribution in [1.29, 1.82) is 0 Å². The lowest BCUT2D eigenvalue weighted by Crippen LogP contribution is -2.38. The molecular weight excluding hydrogens is 352 g/mol. The zero-order valence-electron chi connectivity index (χ0n) is 16.3. The van der Waals surface area contributed by atoms with Gasteiger partial charge in [-0.25, -0.2) is 8.78 Å². The van der Waals surface area contributed by atoms with Gasteiger partial charge in [0.1, 0.15) is 0 Å². The van der Waals surface area contributed by atoms with Crippen molar-refractivity contribution in [2.24, 2.45) is 10.9 Å². The number of nitrogens with one attached hydrogen (secondary N) is 2. The highest BCUT2D eigenvalue weighted by Gasteiger charge is 2.13. The molecule has 2 rings (SSSR count). The third-order valence-corrected chi connectivity index (χ3v) is 4.55. The van der Waals surface area contributed by atoms with Crippen molar-refractivity contribution in [2.45, 2.75) is 39.2 Å². The van der Waals surface area contributed by atoms with Crippen LogP contribution < -0.4 is 10.6 Å². The molecule has 2 N–H and O–H groups in total. The minimum Gasteiger partial charge on any atom is -0.381 e. The van der Waals surface area contributed by atoms with Crippen LogP contribution in [0.2, 0.25) is 0 Å². The van der Waals surface area contributed by atoms with E-state index >= 15 is 0 Å². The summed E-state index contributed by atoms with van der Waals surface area (Å²) in [7, 11) is 0. The normalized spacial score (nSPS) is 17.0. The molecule has 0 spiro atoms. The number of ether oxygens (including phenoxy) is 2. The van der Waals surface area contributed by atoms with Crippen LogP contribution in [0.3, 0.4) is 0 Å². The number of halogens is 2. The summed E-state index contributed by atoms with van der Waals surface area (Å²) >= 11 is 0. The van der Waals surface area contributed by atoms with E-state index in [2.05, 4.69) is 15.6 Å². The van der Waals surface area contributed by atoms with Crippen LogP contribution in [-0.2, 0) is 9.47 Å². The van der Waals surface area contributed by atoms with Crippen molar-refractivity contribution >= 4 is 5.96 Å². The standard InChI is InChI=1S/C20H31F2N3O2/c1-3-23-20(25-15(2)17-5-6-18(21)19(22)13-17)24-9-4-10-27-14-16-7-11-26-12-8-16/h5-6,13,15-16H,3-4,7-12,14H2,1-2H3,(H2,23,24,25). The molecular formula is C20H31F2N3O2. The maximum Gasteiger partial charge on any atom is 0.191 e. The summed E-state index contributed by atoms with van der Waals surface area (Å²) in [5.74, 6) is -0.422. The maximum atomic E-state index is 13.4. The van der Waals surface area contributed by atoms with E-state index in [4.69, 9.17) is 9.47 Å². The van der Waals surface area contributed by atoms with Gasteiger partial charge < -0.3 is 20.1 Å². The highest BCUT2D eigenvalue weighted by molar-refractivity contribution is 5.80. The predicted molar refractivity (Wildman–Crippen MR) is 103 cm³/mol. The Morgan fingerprint density at radius 2 is 2.07 bits per heavy atom. The fourth-order valence-electron chi connectivity index (χ4n) is 2.91. The second-order valence-corrected chi connectivity index (χ2v) is 6.78. The zero-order valence-corrected chi connectivity index (χ0v) is 16.3. The second-order valence-electron chi connectivity index (χ2n) is 6.78. The molecule has 0 amide bonds. The van der Waals surface area contributed by atoms with Crippen molar-refractivity contribution in [1.82, 2.24) is 10.6 Å². The third-order valence-electron chi connectivity index (χ3n) is 4.55. The van der Waals surface area contributed by atoms with Crippen molar-refractivity contribution in [3.05, 3.63) is 35.4 Å². The molecule has 152 valence electrons. The molecule has 0 bridgehead atoms. The molecule has 0 aliphatic carbocycles. The molecule has 1 saturated heterocycles. The molecule has 5 nitrogen and oxygen atoms in total. The van der Waals surface area contributed by atoms with Crippen LogP contribution >= 0.6 is 0 Å². The molecule has 7 heteroatoms. The van der Waals surface area contributed by atoms with Crippen LogP contribution in [0.15, 0.2) is 23.2 Å². The van der Waals surface area contributed by atoms with Gasteiger partial charge in [0.15, 0.2) is 17.6 Å². The van der Waals surface area contributed by atoms with E-state index in [1.807, 2.05) is 13.8 Å². The lowest BCUT2D eigenvalue weighted by Gasteiger charge is -2.21. The van der Waals surface area contributed by atoms with Gasteiger partial charge in [0, 0.05) is 39.5 Å². The second kappa shape index (κ2) is 11.9. The molecule has 1 unspecified atom stereocenters. The highest BCUT2D eigenvalue weighted by atomic mass is 19.2. The molecule has 0 radical (unpaired) electrons. The summed E-state index contributed by atoms with van der Waals surface area (Å²) in [6.45, 7) is 8.37. The van der Waals surface area contributed by atoms with Gasteiger partial charge in [0.2, 0.25) is 0 Å². The van der Waals surface area contributed by atoms with E-state index in [1.165, 1.54) is 6.07 Å². The van der Waals surface area contributed by atoms with E-state index in [-0.39, 0.29) is 6.04 Å². The molecule has 1 aromatic carbocycles. The number of aliphatic imine (C=N–C) groups is 1. The molecule has 1 atom stereocenters. The van der Waals surface area contributed by atoms with Crippen LogP contribution in [0, 0.1) is 17.6 Å². The topological polar surface area (TPSA) is 54.9 Å². The Bertz CT molecular complexity index is 593. The monoisotopic (exact) mass is 383 g/mol. The number of nitrogens with zero attached hydrogens (tertiary/aromatic N) is 1. The summed E-state index contributed by atoms with van der Waals surface area (Å²) in [4.78, 5) is 4.53. The van der Waals surface area contributed by atoms with Gasteiger partial charge in [0.25, 0.3) is 0 Å². The Morgan fingerprint density at radius 1 is 1.30 bits per heavy atom. The number of guanidine groups is 1. The Labute approximate surface area is 160 Å². The Kier molecular flexibility index (Phi) is 9.48. The lowest BCUT2D eigenvalue weighted by molar-refractivity contribution is 0.0205. The van der Waals surface area contributed by atoms with Crippen LogP contribution in [0.25, 0.3) is 0 Å². The van der Waals surface area contributed by atoms with E-state index in [0.29, 0.717) is 30.6 Å². The molecule has 0 aromatic heterocycles. The molecule has 1 aliphatic rings. The number of rotatable bonds is 9. The van der Waals surface area contributed by atoms with Gasteiger partial charge in [-0.3, -0.25) is 4.99 Å². The van der Waals surface area contributed by atoms with Crippen molar-refractivity contribution in [3.8, 4) is 0 Å². The van der Waals surface area contributed by atoms with Crippen molar-refractivity contribution in [2.75, 3.05) is 39.5 Å². The van der Waals surface area contributed by atoms with Crippen molar-refractivity contribution < 1.29 is 18.3 Å². The Morgan fingerprint density at radius 3 is 2.78 bits per heavy atom. The molecule has 27 heavy (non-hydrogen) atoms. The largest absolute Gasteiger partial charge is 0.381 e. The van der Waals surface area contributed by atoms with E-state index in [0.717, 1.165) is 51.7 Å². The van der Waals surface area contributed by atoms with Gasteiger partial charge in [-0.15, -0.1) is 0 Å². The first-order chi connectivity index (χ1) is 13.1. The number of hydrogen-bond acceptors (Lipinski definition) is 3. The molecule has 1 aliphatic heterocycles. The van der Waals surface area contributed by atoms with E-state index < -0.39 is 11.6 Å². The summed E-state index contributed by atoms with van der Waals surface area (Å²) < 4.78 is 37.6. The van der Waals surface area contributed by atoms with Gasteiger partial charge in [-0.2, -0.15) is 0 Å². The lowest BCUT2D eigenvalue weighted by atomic mass is 10.0. The average molecular weight is 383 g/mol. The number of hydrogen-bond donors (Lipinski definition) is 2. The minimum atomic E-state index is -0.843. The first kappa shape index (κ1) is 21.6. The Hall–Kier alpha value is -1.73. The fraction of sp³-hybridized carbons (Fsp3) is 0.650. The van der Waals surface area contributed by atoms with E-state index in [9.17, 15) is 8.78 Å². The minimum absolute atomic E-state index is 0.192. The van der Waals surface area contributed by atoms with Crippen LogP contribution in [0.5, 0.6) is 0 Å². The maximum absolute atomic E-state index is 13.4. The Balaban J connectivity index is 1.73. The van der Waals surface area contributed by atoms with Crippen molar-refractivity contribution in [3.63, 3.8) is 0 Å². The summed E-state index contributed by atoms with van der Waals surface area (Å²) in [5, 5.41) is 6.39. The zero-order chi connectivity index (χ0) is 19.5. The van der Waals surface area contributed by atoms with E-state index in [1.54, 1.807) is 6.07 Å². The van der Waals surface area contributed by atoms with Gasteiger partial charge in [0.05, 0.1) is 6.04 Å². The van der Waals surface area contributed by atoms with Crippen LogP contribution in [-0.4, -0.2) is 45.5 Å². The van der Waals surface area contributed by atoms with Gasteiger partial charge in [-0.05, 0) is 56.7 Å². The first-order valence-corrected chi connectivity index (χ1v) is 9.75. The quantitative estimate of drug-likeness (QED) is 0.390. The van der Waals surface area contributed by atoms with Gasteiger partial charge in [-0.1, -0.05) is 6.07 Å². The third kappa shape index (κ3) is 7.81.